The van der Waals surface area contributed by atoms with E-state index in [1.165, 1.54) is 0 Å². The van der Waals surface area contributed by atoms with Crippen molar-refractivity contribution in [1.29, 1.82) is 0 Å². The van der Waals surface area contributed by atoms with Gasteiger partial charge in [0, 0.05) is 27.0 Å². The topological polar surface area (TPSA) is 80.7 Å². The first-order valence-electron chi connectivity index (χ1n) is 5.54. The minimum Gasteiger partial charge on any atom is -0.478 e. The van der Waals surface area contributed by atoms with Gasteiger partial charge in [0.25, 0.3) is 0 Å². The van der Waals surface area contributed by atoms with Crippen molar-refractivity contribution in [1.82, 2.24) is 4.98 Å². The number of nitrogens with zero attached hydrogens (tertiary/aromatic N) is 1. The fraction of sp³-hybridized carbons (Fsp3) is 0.500. The molecule has 1 aromatic heterocycles. The first-order chi connectivity index (χ1) is 8.60. The summed E-state index contributed by atoms with van der Waals surface area (Å²) in [7, 11) is 3.16. The molecule has 6 nitrogen and oxygen atoms in total. The van der Waals surface area contributed by atoms with Crippen molar-refractivity contribution in [2.75, 3.05) is 32.7 Å². The van der Waals surface area contributed by atoms with Crippen molar-refractivity contribution in [3.8, 4) is 0 Å². The highest BCUT2D eigenvalue weighted by atomic mass is 16.5. The molecule has 0 amide bonds. The van der Waals surface area contributed by atoms with Gasteiger partial charge in [-0.2, -0.15) is 0 Å². The van der Waals surface area contributed by atoms with Gasteiger partial charge >= 0.3 is 5.97 Å². The number of nitrogens with one attached hydrogen (secondary N) is 1. The first kappa shape index (κ1) is 14.4. The summed E-state index contributed by atoms with van der Waals surface area (Å²) in [6, 6.07) is 1.66. The molecule has 1 atom stereocenters. The monoisotopic (exact) mass is 254 g/mol. The molecule has 0 aromatic carbocycles. The van der Waals surface area contributed by atoms with Gasteiger partial charge in [-0.05, 0) is 18.6 Å². The number of carboxylic acid groups (broad SMARTS) is 1. The Morgan fingerprint density at radius 2 is 2.28 bits per heavy atom. The largest absolute Gasteiger partial charge is 0.478 e. The van der Waals surface area contributed by atoms with E-state index >= 15 is 0 Å². The van der Waals surface area contributed by atoms with E-state index in [-0.39, 0.29) is 11.7 Å². The second-order valence-corrected chi connectivity index (χ2v) is 3.85. The fourth-order valence-corrected chi connectivity index (χ4v) is 1.57. The minimum absolute atomic E-state index is 0.154. The SMILES string of the molecule is COCC(CNc1nccc(C)c1C(=O)O)OC. The summed E-state index contributed by atoms with van der Waals surface area (Å²) < 4.78 is 10.2. The Morgan fingerprint density at radius 3 is 2.83 bits per heavy atom. The molecule has 1 aromatic rings. The average molecular weight is 254 g/mol. The van der Waals surface area contributed by atoms with E-state index in [1.54, 1.807) is 33.4 Å². The number of pyridine rings is 1. The zero-order valence-corrected chi connectivity index (χ0v) is 10.8. The standard InChI is InChI=1S/C12H18N2O4/c1-8-4-5-13-11(10(8)12(15)16)14-6-9(18-3)7-17-2/h4-5,9H,6-7H2,1-3H3,(H,13,14)(H,15,16). The van der Waals surface area contributed by atoms with Gasteiger partial charge in [0.1, 0.15) is 11.4 Å². The smallest absolute Gasteiger partial charge is 0.339 e. The molecule has 18 heavy (non-hydrogen) atoms. The van der Waals surface area contributed by atoms with Gasteiger partial charge in [0.2, 0.25) is 0 Å². The van der Waals surface area contributed by atoms with Crippen molar-refractivity contribution in [3.05, 3.63) is 23.4 Å². The molecular formula is C12H18N2O4. The van der Waals surface area contributed by atoms with E-state index < -0.39 is 5.97 Å². The van der Waals surface area contributed by atoms with Gasteiger partial charge < -0.3 is 19.9 Å². The van der Waals surface area contributed by atoms with Crippen LogP contribution in [0.3, 0.4) is 0 Å². The third-order valence-corrected chi connectivity index (χ3v) is 2.56. The Morgan fingerprint density at radius 1 is 1.56 bits per heavy atom. The van der Waals surface area contributed by atoms with Crippen LogP contribution in [0.15, 0.2) is 12.3 Å². The van der Waals surface area contributed by atoms with Crippen LogP contribution in [0.5, 0.6) is 0 Å². The first-order valence-corrected chi connectivity index (χ1v) is 5.54. The molecule has 0 bridgehead atoms. The molecule has 0 aliphatic carbocycles. The Balaban J connectivity index is 2.78. The van der Waals surface area contributed by atoms with Gasteiger partial charge in [0.05, 0.1) is 12.7 Å². The molecule has 0 aliphatic heterocycles. The summed E-state index contributed by atoms with van der Waals surface area (Å²) in [6.45, 7) is 2.60. The molecule has 1 heterocycles. The van der Waals surface area contributed by atoms with Crippen LogP contribution in [-0.2, 0) is 9.47 Å². The van der Waals surface area contributed by atoms with Gasteiger partial charge in [0.15, 0.2) is 0 Å². The number of ether oxygens (including phenoxy) is 2. The second-order valence-electron chi connectivity index (χ2n) is 3.85. The third kappa shape index (κ3) is 3.68. The number of carboxylic acids is 1. The lowest BCUT2D eigenvalue weighted by molar-refractivity contribution is 0.0365. The second kappa shape index (κ2) is 6.93. The summed E-state index contributed by atoms with van der Waals surface area (Å²) in [4.78, 5) is 15.2. The number of methoxy groups -OCH3 is 2. The molecule has 0 fully saturated rings. The average Bonchev–Trinajstić information content (AvgIpc) is 2.33. The molecule has 0 saturated heterocycles. The van der Waals surface area contributed by atoms with E-state index in [1.807, 2.05) is 0 Å². The van der Waals surface area contributed by atoms with Crippen molar-refractivity contribution >= 4 is 11.8 Å². The molecule has 100 valence electrons. The lowest BCUT2D eigenvalue weighted by Gasteiger charge is -2.16. The summed E-state index contributed by atoms with van der Waals surface area (Å²) >= 11 is 0. The Bertz CT molecular complexity index is 409. The van der Waals surface area contributed by atoms with Gasteiger partial charge in [-0.1, -0.05) is 0 Å². The van der Waals surface area contributed by atoms with Crippen molar-refractivity contribution in [2.24, 2.45) is 0 Å². The zero-order valence-electron chi connectivity index (χ0n) is 10.8. The summed E-state index contributed by atoms with van der Waals surface area (Å²) in [5.41, 5.74) is 0.852. The van der Waals surface area contributed by atoms with Crippen LogP contribution < -0.4 is 5.32 Å². The lowest BCUT2D eigenvalue weighted by atomic mass is 10.1. The van der Waals surface area contributed by atoms with Crippen molar-refractivity contribution in [2.45, 2.75) is 13.0 Å². The quantitative estimate of drug-likeness (QED) is 0.760. The van der Waals surface area contributed by atoms with E-state index in [2.05, 4.69) is 10.3 Å². The fourth-order valence-electron chi connectivity index (χ4n) is 1.57. The summed E-state index contributed by atoms with van der Waals surface area (Å²) in [6.07, 6.45) is 1.42. The van der Waals surface area contributed by atoms with Crippen LogP contribution in [0, 0.1) is 6.92 Å². The highest BCUT2D eigenvalue weighted by Gasteiger charge is 2.15. The number of aromatic nitrogens is 1. The van der Waals surface area contributed by atoms with Crippen LogP contribution in [0.4, 0.5) is 5.82 Å². The molecule has 0 saturated carbocycles. The highest BCUT2D eigenvalue weighted by molar-refractivity contribution is 5.94. The normalized spacial score (nSPS) is 12.2. The zero-order chi connectivity index (χ0) is 13.5. The molecule has 2 N–H and O–H groups in total. The predicted molar refractivity (Wildman–Crippen MR) is 67.1 cm³/mol. The molecule has 0 spiro atoms. The lowest BCUT2D eigenvalue weighted by Crippen LogP contribution is -2.27. The van der Waals surface area contributed by atoms with Crippen LogP contribution in [0.25, 0.3) is 0 Å². The van der Waals surface area contributed by atoms with Gasteiger partial charge in [-0.3, -0.25) is 0 Å². The van der Waals surface area contributed by atoms with Crippen LogP contribution in [0.1, 0.15) is 15.9 Å². The van der Waals surface area contributed by atoms with E-state index in [0.717, 1.165) is 0 Å². The van der Waals surface area contributed by atoms with Crippen molar-refractivity contribution in [3.63, 3.8) is 0 Å². The number of aryl methyl sites for hydroxylation is 1. The Kier molecular flexibility index (Phi) is 5.54. The summed E-state index contributed by atoms with van der Waals surface area (Å²) in [5, 5.41) is 12.1. The van der Waals surface area contributed by atoms with E-state index in [0.29, 0.717) is 24.5 Å². The molecule has 1 unspecified atom stereocenters. The van der Waals surface area contributed by atoms with Crippen LogP contribution >= 0.6 is 0 Å². The number of aromatic carboxylic acids is 1. The van der Waals surface area contributed by atoms with Crippen LogP contribution in [0.2, 0.25) is 0 Å². The molecule has 6 heteroatoms. The number of carbonyl (C=O) groups is 1. The maximum Gasteiger partial charge on any atom is 0.339 e. The minimum atomic E-state index is -0.996. The molecular weight excluding hydrogens is 236 g/mol. The Labute approximate surface area is 106 Å². The molecule has 0 aliphatic rings. The maximum atomic E-state index is 11.1. The number of anilines is 1. The van der Waals surface area contributed by atoms with E-state index in [4.69, 9.17) is 14.6 Å². The number of rotatable bonds is 7. The molecule has 0 radical (unpaired) electrons. The van der Waals surface area contributed by atoms with Crippen LogP contribution in [-0.4, -0.2) is 49.5 Å². The number of hydrogen-bond acceptors (Lipinski definition) is 5. The summed E-state index contributed by atoms with van der Waals surface area (Å²) in [5.74, 6) is -0.649. The third-order valence-electron chi connectivity index (χ3n) is 2.56. The van der Waals surface area contributed by atoms with Gasteiger partial charge in [-0.15, -0.1) is 0 Å². The van der Waals surface area contributed by atoms with Gasteiger partial charge in [-0.25, -0.2) is 9.78 Å². The number of hydrogen-bond donors (Lipinski definition) is 2. The van der Waals surface area contributed by atoms with Crippen molar-refractivity contribution < 1.29 is 19.4 Å². The Hall–Kier alpha value is -1.66. The maximum absolute atomic E-state index is 11.1. The molecule has 1 rings (SSSR count). The highest BCUT2D eigenvalue weighted by Crippen LogP contribution is 2.16. The predicted octanol–water partition coefficient (Wildman–Crippen LogP) is 1.16. The van der Waals surface area contributed by atoms with E-state index in [9.17, 15) is 4.79 Å².